The Morgan fingerprint density at radius 3 is 2.75 bits per heavy atom. The van der Waals surface area contributed by atoms with E-state index in [4.69, 9.17) is 0 Å². The van der Waals surface area contributed by atoms with Crippen molar-refractivity contribution in [3.63, 3.8) is 0 Å². The lowest BCUT2D eigenvalue weighted by Crippen LogP contribution is -2.39. The minimum Gasteiger partial charge on any atom is -0.343 e. The number of para-hydroxylation sites is 1. The molecule has 3 heterocycles. The van der Waals surface area contributed by atoms with Crippen molar-refractivity contribution in [2.75, 3.05) is 13.1 Å². The topological polar surface area (TPSA) is 74.8 Å². The fourth-order valence-corrected chi connectivity index (χ4v) is 4.95. The average molecular weight is 396 g/mol. The van der Waals surface area contributed by atoms with Crippen LogP contribution in [-0.2, 0) is 17.6 Å². The molecular formula is C21H25N5OS. The number of rotatable bonds is 6. The van der Waals surface area contributed by atoms with Gasteiger partial charge in [0.05, 0.1) is 15.2 Å². The van der Waals surface area contributed by atoms with Gasteiger partial charge in [-0.05, 0) is 43.7 Å². The smallest absolute Gasteiger partial charge is 0.222 e. The molecule has 2 fully saturated rings. The van der Waals surface area contributed by atoms with Gasteiger partial charge < -0.3 is 4.90 Å². The Morgan fingerprint density at radius 2 is 1.96 bits per heavy atom. The number of aromatic amines is 1. The summed E-state index contributed by atoms with van der Waals surface area (Å²) in [5.74, 6) is 3.46. The van der Waals surface area contributed by atoms with E-state index in [0.29, 0.717) is 18.3 Å². The van der Waals surface area contributed by atoms with E-state index >= 15 is 0 Å². The third-order valence-corrected chi connectivity index (χ3v) is 6.93. The molecule has 1 saturated carbocycles. The predicted molar refractivity (Wildman–Crippen MR) is 109 cm³/mol. The number of carbonyl (C=O) groups excluding carboxylic acids is 1. The van der Waals surface area contributed by atoms with Crippen LogP contribution in [0.1, 0.15) is 54.7 Å². The minimum atomic E-state index is 0.258. The molecule has 0 spiro atoms. The molecule has 2 aromatic heterocycles. The zero-order chi connectivity index (χ0) is 18.9. The van der Waals surface area contributed by atoms with Crippen LogP contribution in [0.2, 0.25) is 0 Å². The van der Waals surface area contributed by atoms with Crippen molar-refractivity contribution >= 4 is 27.5 Å². The minimum absolute atomic E-state index is 0.258. The second-order valence-corrected chi connectivity index (χ2v) is 9.13. The molecular weight excluding hydrogens is 370 g/mol. The van der Waals surface area contributed by atoms with Gasteiger partial charge in [0.2, 0.25) is 5.91 Å². The van der Waals surface area contributed by atoms with Crippen molar-refractivity contribution in [3.8, 4) is 0 Å². The molecule has 1 saturated heterocycles. The summed E-state index contributed by atoms with van der Waals surface area (Å²) in [5.41, 5.74) is 1.04. The first kappa shape index (κ1) is 17.8. The highest BCUT2D eigenvalue weighted by atomic mass is 32.1. The summed E-state index contributed by atoms with van der Waals surface area (Å²) in [4.78, 5) is 23.9. The third-order valence-electron chi connectivity index (χ3n) is 5.83. The predicted octanol–water partition coefficient (Wildman–Crippen LogP) is 3.71. The van der Waals surface area contributed by atoms with Crippen LogP contribution in [0.15, 0.2) is 24.3 Å². The molecule has 1 N–H and O–H groups in total. The van der Waals surface area contributed by atoms with E-state index in [-0.39, 0.29) is 5.91 Å². The molecule has 0 radical (unpaired) electrons. The van der Waals surface area contributed by atoms with Crippen molar-refractivity contribution in [1.82, 2.24) is 25.1 Å². The van der Waals surface area contributed by atoms with Gasteiger partial charge in [0.25, 0.3) is 0 Å². The van der Waals surface area contributed by atoms with E-state index in [0.717, 1.165) is 60.9 Å². The molecule has 1 aromatic carbocycles. The Morgan fingerprint density at radius 1 is 1.14 bits per heavy atom. The highest BCUT2D eigenvalue weighted by Gasteiger charge is 2.29. The summed E-state index contributed by atoms with van der Waals surface area (Å²) in [7, 11) is 0. The van der Waals surface area contributed by atoms with Gasteiger partial charge in [-0.25, -0.2) is 9.97 Å². The number of likely N-dealkylation sites (tertiary alicyclic amines) is 1. The number of aromatic nitrogens is 4. The van der Waals surface area contributed by atoms with Gasteiger partial charge in [0, 0.05) is 38.3 Å². The molecule has 1 amide bonds. The Kier molecular flexibility index (Phi) is 4.84. The fraction of sp³-hybridized carbons (Fsp3) is 0.524. The van der Waals surface area contributed by atoms with Gasteiger partial charge in [-0.15, -0.1) is 11.3 Å². The van der Waals surface area contributed by atoms with Crippen LogP contribution in [0.3, 0.4) is 0 Å². The first-order valence-corrected chi connectivity index (χ1v) is 11.1. The lowest BCUT2D eigenvalue weighted by atomic mass is 9.93. The summed E-state index contributed by atoms with van der Waals surface area (Å²) in [5, 5.41) is 8.52. The molecule has 0 unspecified atom stereocenters. The zero-order valence-corrected chi connectivity index (χ0v) is 16.7. The SMILES string of the molecule is O=C(CCc1nc2ccccc2s1)N1CCC(Cc2nc(C3CC3)n[nH]2)CC1. The highest BCUT2D eigenvalue weighted by Crippen LogP contribution is 2.38. The summed E-state index contributed by atoms with van der Waals surface area (Å²) in [6.45, 7) is 1.71. The number of piperidine rings is 1. The van der Waals surface area contributed by atoms with Crippen molar-refractivity contribution in [2.24, 2.45) is 5.92 Å². The Balaban J connectivity index is 1.09. The largest absolute Gasteiger partial charge is 0.343 e. The number of hydrogen-bond acceptors (Lipinski definition) is 5. The quantitative estimate of drug-likeness (QED) is 0.690. The molecule has 28 heavy (non-hydrogen) atoms. The number of amides is 1. The summed E-state index contributed by atoms with van der Waals surface area (Å²) in [6.07, 6.45) is 6.80. The van der Waals surface area contributed by atoms with Gasteiger partial charge in [0.15, 0.2) is 5.82 Å². The Labute approximate surface area is 168 Å². The first-order chi connectivity index (χ1) is 13.7. The lowest BCUT2D eigenvalue weighted by Gasteiger charge is -2.31. The molecule has 1 aliphatic heterocycles. The van der Waals surface area contributed by atoms with Crippen LogP contribution >= 0.6 is 11.3 Å². The zero-order valence-electron chi connectivity index (χ0n) is 15.9. The third kappa shape index (κ3) is 3.94. The second-order valence-electron chi connectivity index (χ2n) is 8.02. The van der Waals surface area contributed by atoms with E-state index in [9.17, 15) is 4.79 Å². The molecule has 0 atom stereocenters. The van der Waals surface area contributed by atoms with Gasteiger partial charge in [-0.2, -0.15) is 5.10 Å². The maximum absolute atomic E-state index is 12.6. The van der Waals surface area contributed by atoms with Gasteiger partial charge in [-0.3, -0.25) is 9.89 Å². The molecule has 5 rings (SSSR count). The van der Waals surface area contributed by atoms with Crippen LogP contribution in [-0.4, -0.2) is 44.1 Å². The molecule has 7 heteroatoms. The number of nitrogens with zero attached hydrogens (tertiary/aromatic N) is 4. The van der Waals surface area contributed by atoms with E-state index in [1.165, 1.54) is 17.5 Å². The molecule has 6 nitrogen and oxygen atoms in total. The molecule has 3 aromatic rings. The molecule has 0 bridgehead atoms. The number of benzene rings is 1. The fourth-order valence-electron chi connectivity index (χ4n) is 3.98. The van der Waals surface area contributed by atoms with Gasteiger partial charge in [-0.1, -0.05) is 12.1 Å². The van der Waals surface area contributed by atoms with Gasteiger partial charge in [0.1, 0.15) is 5.82 Å². The van der Waals surface area contributed by atoms with Crippen LogP contribution in [0, 0.1) is 5.92 Å². The van der Waals surface area contributed by atoms with E-state index in [1.807, 2.05) is 23.1 Å². The standard InChI is InChI=1S/C21H25N5OS/c27-20(8-7-19-22-16-3-1-2-4-17(16)28-19)26-11-9-14(10-12-26)13-18-23-21(25-24-18)15-5-6-15/h1-4,14-15H,5-13H2,(H,23,24,25). The Hall–Kier alpha value is -2.28. The van der Waals surface area contributed by atoms with E-state index in [1.54, 1.807) is 11.3 Å². The van der Waals surface area contributed by atoms with Crippen LogP contribution < -0.4 is 0 Å². The average Bonchev–Trinajstić information content (AvgIpc) is 3.32. The van der Waals surface area contributed by atoms with E-state index < -0.39 is 0 Å². The maximum atomic E-state index is 12.6. The molecule has 2 aliphatic rings. The van der Waals surface area contributed by atoms with Crippen LogP contribution in [0.25, 0.3) is 10.2 Å². The highest BCUT2D eigenvalue weighted by molar-refractivity contribution is 7.18. The molecule has 146 valence electrons. The molecule has 1 aliphatic carbocycles. The number of aryl methyl sites for hydroxylation is 1. The number of nitrogens with one attached hydrogen (secondary N) is 1. The van der Waals surface area contributed by atoms with Crippen molar-refractivity contribution in [3.05, 3.63) is 40.9 Å². The van der Waals surface area contributed by atoms with Crippen LogP contribution in [0.5, 0.6) is 0 Å². The lowest BCUT2D eigenvalue weighted by molar-refractivity contribution is -0.132. The summed E-state index contributed by atoms with van der Waals surface area (Å²) < 4.78 is 1.20. The first-order valence-electron chi connectivity index (χ1n) is 10.3. The monoisotopic (exact) mass is 395 g/mol. The van der Waals surface area contributed by atoms with E-state index in [2.05, 4.69) is 26.2 Å². The maximum Gasteiger partial charge on any atom is 0.222 e. The Bertz CT molecular complexity index is 935. The van der Waals surface area contributed by atoms with Crippen LogP contribution in [0.4, 0.5) is 0 Å². The summed E-state index contributed by atoms with van der Waals surface area (Å²) in [6, 6.07) is 8.16. The second kappa shape index (κ2) is 7.62. The van der Waals surface area contributed by atoms with Gasteiger partial charge >= 0.3 is 0 Å². The number of fused-ring (bicyclic) bond motifs is 1. The van der Waals surface area contributed by atoms with Crippen molar-refractivity contribution in [1.29, 1.82) is 0 Å². The summed E-state index contributed by atoms with van der Waals surface area (Å²) >= 11 is 1.70. The normalized spacial score (nSPS) is 18.1. The van der Waals surface area contributed by atoms with Crippen molar-refractivity contribution in [2.45, 2.75) is 50.9 Å². The number of H-pyrrole nitrogens is 1. The number of carbonyl (C=O) groups is 1. The number of thiazole rings is 1. The van der Waals surface area contributed by atoms with Crippen molar-refractivity contribution < 1.29 is 4.79 Å². The number of hydrogen-bond donors (Lipinski definition) is 1.